The molecule has 6 nitrogen and oxygen atoms in total. The summed E-state index contributed by atoms with van der Waals surface area (Å²) in [6.07, 6.45) is 1.46. The molecule has 6 heteroatoms. The maximum atomic E-state index is 12.1. The Morgan fingerprint density at radius 2 is 1.95 bits per heavy atom. The number of aryl methyl sites for hydroxylation is 1. The first-order chi connectivity index (χ1) is 10.0. The molecular formula is C15H24N4O2. The SMILES string of the molecule is CNC(=O)C1CCN(C(=O)NCc2ccc(C)n2C)CC1. The Morgan fingerprint density at radius 1 is 1.29 bits per heavy atom. The fourth-order valence-corrected chi connectivity index (χ4v) is 2.67. The lowest BCUT2D eigenvalue weighted by Gasteiger charge is -2.31. The summed E-state index contributed by atoms with van der Waals surface area (Å²) in [5.74, 6) is 0.115. The van der Waals surface area contributed by atoms with Crippen LogP contribution in [0.25, 0.3) is 0 Å². The van der Waals surface area contributed by atoms with E-state index in [4.69, 9.17) is 0 Å². The van der Waals surface area contributed by atoms with E-state index in [0.29, 0.717) is 19.6 Å². The first-order valence-corrected chi connectivity index (χ1v) is 7.38. The highest BCUT2D eigenvalue weighted by Gasteiger charge is 2.26. The van der Waals surface area contributed by atoms with Crippen molar-refractivity contribution < 1.29 is 9.59 Å². The molecule has 0 aliphatic carbocycles. The minimum atomic E-state index is -0.0517. The molecule has 0 bridgehead atoms. The van der Waals surface area contributed by atoms with Crippen LogP contribution in [0.5, 0.6) is 0 Å². The zero-order valence-electron chi connectivity index (χ0n) is 13.0. The average Bonchev–Trinajstić information content (AvgIpc) is 2.83. The minimum absolute atomic E-state index is 0.0366. The number of amides is 3. The fraction of sp³-hybridized carbons (Fsp3) is 0.600. The highest BCUT2D eigenvalue weighted by molar-refractivity contribution is 5.79. The van der Waals surface area contributed by atoms with Gasteiger partial charge in [0.25, 0.3) is 0 Å². The molecular weight excluding hydrogens is 268 g/mol. The molecule has 1 aliphatic rings. The van der Waals surface area contributed by atoms with Gasteiger partial charge in [-0.1, -0.05) is 0 Å². The van der Waals surface area contributed by atoms with Crippen LogP contribution in [0.1, 0.15) is 24.2 Å². The largest absolute Gasteiger partial charge is 0.359 e. The average molecular weight is 292 g/mol. The third kappa shape index (κ3) is 3.56. The second-order valence-corrected chi connectivity index (χ2v) is 5.56. The van der Waals surface area contributed by atoms with Crippen LogP contribution < -0.4 is 10.6 Å². The van der Waals surface area contributed by atoms with Crippen LogP contribution in [-0.4, -0.2) is 41.5 Å². The predicted octanol–water partition coefficient (Wildman–Crippen LogP) is 1.00. The zero-order valence-corrected chi connectivity index (χ0v) is 13.0. The van der Waals surface area contributed by atoms with Crippen LogP contribution in [0.3, 0.4) is 0 Å². The van der Waals surface area contributed by atoms with Crippen LogP contribution in [-0.2, 0) is 18.4 Å². The molecule has 0 saturated carbocycles. The quantitative estimate of drug-likeness (QED) is 0.873. The smallest absolute Gasteiger partial charge is 0.317 e. The summed E-state index contributed by atoms with van der Waals surface area (Å²) in [5, 5.41) is 5.62. The molecule has 0 aromatic carbocycles. The van der Waals surface area contributed by atoms with Crippen LogP contribution in [0, 0.1) is 12.8 Å². The molecule has 2 N–H and O–H groups in total. The lowest BCUT2D eigenvalue weighted by Crippen LogP contribution is -2.46. The first kappa shape index (κ1) is 15.4. The summed E-state index contributed by atoms with van der Waals surface area (Å²) in [6, 6.07) is 4.01. The summed E-state index contributed by atoms with van der Waals surface area (Å²) in [5.41, 5.74) is 2.26. The summed E-state index contributed by atoms with van der Waals surface area (Å²) >= 11 is 0. The van der Waals surface area contributed by atoms with Crippen molar-refractivity contribution in [2.45, 2.75) is 26.3 Å². The van der Waals surface area contributed by atoms with Gasteiger partial charge in [-0.05, 0) is 31.9 Å². The molecule has 2 heterocycles. The number of urea groups is 1. The second kappa shape index (κ2) is 6.65. The number of aromatic nitrogens is 1. The minimum Gasteiger partial charge on any atom is -0.359 e. The number of likely N-dealkylation sites (tertiary alicyclic amines) is 1. The van der Waals surface area contributed by atoms with E-state index < -0.39 is 0 Å². The number of hydrogen-bond acceptors (Lipinski definition) is 2. The third-order valence-electron chi connectivity index (χ3n) is 4.30. The van der Waals surface area contributed by atoms with E-state index in [9.17, 15) is 9.59 Å². The van der Waals surface area contributed by atoms with Crippen LogP contribution in [0.4, 0.5) is 4.79 Å². The van der Waals surface area contributed by atoms with Gasteiger partial charge in [-0.15, -0.1) is 0 Å². The van der Waals surface area contributed by atoms with E-state index in [0.717, 1.165) is 18.5 Å². The Hall–Kier alpha value is -1.98. The standard InChI is InChI=1S/C15H24N4O2/c1-11-4-5-13(18(11)3)10-17-15(21)19-8-6-12(7-9-19)14(20)16-2/h4-5,12H,6-10H2,1-3H3,(H,16,20)(H,17,21). The van der Waals surface area contributed by atoms with Gasteiger partial charge in [-0.2, -0.15) is 0 Å². The van der Waals surface area contributed by atoms with Crippen molar-refractivity contribution in [2.75, 3.05) is 20.1 Å². The molecule has 3 amide bonds. The third-order valence-corrected chi connectivity index (χ3v) is 4.30. The molecule has 1 fully saturated rings. The molecule has 0 unspecified atom stereocenters. The van der Waals surface area contributed by atoms with E-state index >= 15 is 0 Å². The molecule has 0 atom stereocenters. The van der Waals surface area contributed by atoms with Gasteiger partial charge in [0, 0.05) is 44.5 Å². The molecule has 1 aromatic heterocycles. The zero-order chi connectivity index (χ0) is 15.4. The van der Waals surface area contributed by atoms with Crippen molar-refractivity contribution in [2.24, 2.45) is 13.0 Å². The molecule has 21 heavy (non-hydrogen) atoms. The van der Waals surface area contributed by atoms with E-state index in [1.54, 1.807) is 11.9 Å². The Morgan fingerprint density at radius 3 is 2.48 bits per heavy atom. The van der Waals surface area contributed by atoms with Crippen molar-refractivity contribution in [1.29, 1.82) is 0 Å². The predicted molar refractivity (Wildman–Crippen MR) is 80.7 cm³/mol. The highest BCUT2D eigenvalue weighted by Crippen LogP contribution is 2.17. The highest BCUT2D eigenvalue weighted by atomic mass is 16.2. The lowest BCUT2D eigenvalue weighted by molar-refractivity contribution is -0.125. The molecule has 0 spiro atoms. The van der Waals surface area contributed by atoms with Crippen molar-refractivity contribution in [3.8, 4) is 0 Å². The Kier molecular flexibility index (Phi) is 4.88. The number of nitrogens with zero attached hydrogens (tertiary/aromatic N) is 2. The van der Waals surface area contributed by atoms with E-state index in [1.807, 2.05) is 26.1 Å². The van der Waals surface area contributed by atoms with Crippen molar-refractivity contribution in [1.82, 2.24) is 20.1 Å². The van der Waals surface area contributed by atoms with Gasteiger partial charge in [0.2, 0.25) is 5.91 Å². The van der Waals surface area contributed by atoms with Gasteiger partial charge >= 0.3 is 6.03 Å². The topological polar surface area (TPSA) is 66.4 Å². The molecule has 116 valence electrons. The Bertz CT molecular complexity index is 516. The maximum Gasteiger partial charge on any atom is 0.317 e. The van der Waals surface area contributed by atoms with Gasteiger partial charge in [0.15, 0.2) is 0 Å². The van der Waals surface area contributed by atoms with E-state index in [-0.39, 0.29) is 17.9 Å². The summed E-state index contributed by atoms with van der Waals surface area (Å²) in [7, 11) is 3.65. The van der Waals surface area contributed by atoms with Crippen molar-refractivity contribution in [3.05, 3.63) is 23.5 Å². The summed E-state index contributed by atoms with van der Waals surface area (Å²) in [6.45, 7) is 3.83. The van der Waals surface area contributed by atoms with Crippen LogP contribution in [0.2, 0.25) is 0 Å². The first-order valence-electron chi connectivity index (χ1n) is 7.38. The van der Waals surface area contributed by atoms with Gasteiger partial charge in [-0.25, -0.2) is 4.79 Å². The van der Waals surface area contributed by atoms with Crippen molar-refractivity contribution >= 4 is 11.9 Å². The second-order valence-electron chi connectivity index (χ2n) is 5.56. The van der Waals surface area contributed by atoms with Gasteiger partial charge in [-0.3, -0.25) is 4.79 Å². The number of nitrogens with one attached hydrogen (secondary N) is 2. The van der Waals surface area contributed by atoms with Crippen LogP contribution >= 0.6 is 0 Å². The lowest BCUT2D eigenvalue weighted by atomic mass is 9.96. The number of carbonyl (C=O) groups is 2. The van der Waals surface area contributed by atoms with E-state index in [2.05, 4.69) is 15.2 Å². The number of piperidine rings is 1. The number of hydrogen-bond donors (Lipinski definition) is 2. The fourth-order valence-electron chi connectivity index (χ4n) is 2.67. The molecule has 1 aliphatic heterocycles. The summed E-state index contributed by atoms with van der Waals surface area (Å²) in [4.78, 5) is 25.5. The van der Waals surface area contributed by atoms with Crippen LogP contribution in [0.15, 0.2) is 12.1 Å². The monoisotopic (exact) mass is 292 g/mol. The van der Waals surface area contributed by atoms with Gasteiger partial charge in [0.05, 0.1) is 6.54 Å². The maximum absolute atomic E-state index is 12.1. The summed E-state index contributed by atoms with van der Waals surface area (Å²) < 4.78 is 2.07. The molecule has 0 radical (unpaired) electrons. The Labute approximate surface area is 125 Å². The normalized spacial score (nSPS) is 15.9. The van der Waals surface area contributed by atoms with Gasteiger partial charge < -0.3 is 20.1 Å². The number of rotatable bonds is 3. The molecule has 2 rings (SSSR count). The number of carbonyl (C=O) groups excluding carboxylic acids is 2. The van der Waals surface area contributed by atoms with Crippen molar-refractivity contribution in [3.63, 3.8) is 0 Å². The molecule has 1 aromatic rings. The molecule has 1 saturated heterocycles. The van der Waals surface area contributed by atoms with E-state index in [1.165, 1.54) is 5.69 Å². The van der Waals surface area contributed by atoms with Gasteiger partial charge in [0.1, 0.15) is 0 Å². The Balaban J connectivity index is 1.80.